The van der Waals surface area contributed by atoms with Gasteiger partial charge >= 0.3 is 5.97 Å². The van der Waals surface area contributed by atoms with Gasteiger partial charge in [0.1, 0.15) is 6.10 Å². The van der Waals surface area contributed by atoms with Gasteiger partial charge in [-0.25, -0.2) is 0 Å². The number of carbonyl (C=O) groups is 1. The molecule has 0 aromatic carbocycles. The van der Waals surface area contributed by atoms with Crippen molar-refractivity contribution in [1.29, 1.82) is 0 Å². The Bertz CT molecular complexity index is 671. The van der Waals surface area contributed by atoms with Gasteiger partial charge in [-0.15, -0.1) is 6.58 Å². The number of aliphatic hydroxyl groups is 1. The summed E-state index contributed by atoms with van der Waals surface area (Å²) in [4.78, 5) is 13.7. The Morgan fingerprint density at radius 2 is 1.84 bits per heavy atom. The average molecular weight is 431 g/mol. The summed E-state index contributed by atoms with van der Waals surface area (Å²) in [6, 6.07) is 0. The van der Waals surface area contributed by atoms with E-state index >= 15 is 0 Å². The van der Waals surface area contributed by atoms with Crippen LogP contribution in [0.2, 0.25) is 0 Å². The molecule has 0 aromatic heterocycles. The summed E-state index contributed by atoms with van der Waals surface area (Å²) in [6.07, 6.45) is 13.3. The van der Waals surface area contributed by atoms with E-state index < -0.39 is 11.5 Å². The normalized spacial score (nSPS) is 47.9. The molecule has 176 valence electrons. The number of carbonyl (C=O) groups excluding carboxylic acids is 1. The minimum atomic E-state index is -0.527. The van der Waals surface area contributed by atoms with Gasteiger partial charge in [-0.1, -0.05) is 33.3 Å². The molecule has 4 rings (SSSR count). The summed E-state index contributed by atoms with van der Waals surface area (Å²) >= 11 is 0. The van der Waals surface area contributed by atoms with Crippen LogP contribution in [0.1, 0.15) is 98.3 Å². The second-order valence-corrected chi connectivity index (χ2v) is 12.4. The lowest BCUT2D eigenvalue weighted by Gasteiger charge is -2.61. The number of hydrogen-bond acceptors (Lipinski definition) is 3. The molecule has 5 unspecified atom stereocenters. The Hall–Kier alpha value is -0.830. The van der Waals surface area contributed by atoms with E-state index in [9.17, 15) is 9.90 Å². The highest BCUT2D eigenvalue weighted by molar-refractivity contribution is 5.77. The predicted molar refractivity (Wildman–Crippen MR) is 125 cm³/mol. The van der Waals surface area contributed by atoms with E-state index in [-0.39, 0.29) is 17.5 Å². The molecule has 3 nitrogen and oxygen atoms in total. The predicted octanol–water partition coefficient (Wildman–Crippen LogP) is 6.54. The van der Waals surface area contributed by atoms with Crippen molar-refractivity contribution < 1.29 is 14.6 Å². The molecule has 0 radical (unpaired) electrons. The molecule has 4 aliphatic carbocycles. The summed E-state index contributed by atoms with van der Waals surface area (Å²) < 4.78 is 6.12. The van der Waals surface area contributed by atoms with Crippen molar-refractivity contribution in [2.75, 3.05) is 0 Å². The first-order chi connectivity index (χ1) is 14.7. The summed E-state index contributed by atoms with van der Waals surface area (Å²) in [5, 5.41) is 10.5. The van der Waals surface area contributed by atoms with Gasteiger partial charge in [0.25, 0.3) is 0 Å². The fraction of sp³-hybridized carbons (Fsp3) is 0.893. The minimum Gasteiger partial charge on any atom is -0.459 e. The summed E-state index contributed by atoms with van der Waals surface area (Å²) in [6.45, 7) is 13.4. The van der Waals surface area contributed by atoms with Crippen LogP contribution in [0.3, 0.4) is 0 Å². The first-order valence-electron chi connectivity index (χ1n) is 13.2. The van der Waals surface area contributed by atoms with E-state index in [0.29, 0.717) is 18.3 Å². The van der Waals surface area contributed by atoms with Gasteiger partial charge in [-0.2, -0.15) is 0 Å². The molecule has 0 saturated heterocycles. The molecule has 31 heavy (non-hydrogen) atoms. The van der Waals surface area contributed by atoms with Gasteiger partial charge in [0.2, 0.25) is 0 Å². The van der Waals surface area contributed by atoms with Crippen molar-refractivity contribution in [2.45, 2.75) is 111 Å². The zero-order valence-corrected chi connectivity index (χ0v) is 20.4. The quantitative estimate of drug-likeness (QED) is 0.407. The van der Waals surface area contributed by atoms with Gasteiger partial charge in [0, 0.05) is 0 Å². The topological polar surface area (TPSA) is 46.5 Å². The SMILES string of the molecule is C=CC1CCC(O)C(OC(=O)[C@]2(C)CCC[C@@]3(C)[C@H]2CCC2CC(C(C)C)CC[C@@H]23)C1. The second-order valence-electron chi connectivity index (χ2n) is 12.4. The zero-order chi connectivity index (χ0) is 22.4. The molecule has 0 aliphatic heterocycles. The maximum atomic E-state index is 13.7. The number of esters is 1. The highest BCUT2D eigenvalue weighted by Gasteiger charge is 2.60. The monoisotopic (exact) mass is 430 g/mol. The Morgan fingerprint density at radius 3 is 2.55 bits per heavy atom. The van der Waals surface area contributed by atoms with Crippen LogP contribution in [0.15, 0.2) is 12.7 Å². The standard InChI is InChI=1S/C28H46O3/c1-6-19-8-12-23(29)24(16-19)31-26(30)28(5)15-7-14-27(4)22-11-9-20(18(2)3)17-21(22)10-13-25(27)28/h6,18-25,29H,1,7-17H2,2-5H3/t19?,20?,21?,22-,23?,24?,25+,27+,28+/m0/s1. The number of rotatable bonds is 4. The van der Waals surface area contributed by atoms with E-state index in [0.717, 1.165) is 55.8 Å². The summed E-state index contributed by atoms with van der Waals surface area (Å²) in [7, 11) is 0. The summed E-state index contributed by atoms with van der Waals surface area (Å²) in [5.41, 5.74) is -0.153. The zero-order valence-electron chi connectivity index (χ0n) is 20.4. The molecule has 0 bridgehead atoms. The van der Waals surface area contributed by atoms with E-state index in [1.165, 1.54) is 32.1 Å². The Balaban J connectivity index is 1.50. The number of fused-ring (bicyclic) bond motifs is 3. The minimum absolute atomic E-state index is 0.0356. The highest BCUT2D eigenvalue weighted by atomic mass is 16.6. The fourth-order valence-corrected chi connectivity index (χ4v) is 8.48. The van der Waals surface area contributed by atoms with E-state index in [1.807, 2.05) is 6.08 Å². The third-order valence-corrected chi connectivity index (χ3v) is 10.5. The van der Waals surface area contributed by atoms with Crippen molar-refractivity contribution in [1.82, 2.24) is 0 Å². The molecule has 4 aliphatic rings. The van der Waals surface area contributed by atoms with Crippen LogP contribution in [-0.2, 0) is 9.53 Å². The first kappa shape index (κ1) is 23.3. The molecule has 4 saturated carbocycles. The molecule has 0 heterocycles. The fourth-order valence-electron chi connectivity index (χ4n) is 8.48. The molecule has 1 N–H and O–H groups in total. The number of allylic oxidation sites excluding steroid dienone is 1. The molecule has 4 fully saturated rings. The molecule has 0 amide bonds. The van der Waals surface area contributed by atoms with Gasteiger partial charge in [0.15, 0.2) is 0 Å². The third-order valence-electron chi connectivity index (χ3n) is 10.5. The Kier molecular flexibility index (Phi) is 6.65. The van der Waals surface area contributed by atoms with E-state index in [1.54, 1.807) is 0 Å². The lowest BCUT2D eigenvalue weighted by atomic mass is 9.43. The van der Waals surface area contributed by atoms with Crippen molar-refractivity contribution in [3.63, 3.8) is 0 Å². The van der Waals surface area contributed by atoms with E-state index in [4.69, 9.17) is 4.74 Å². The molecular formula is C28H46O3. The molecule has 0 aromatic rings. The van der Waals surface area contributed by atoms with Crippen LogP contribution in [0.25, 0.3) is 0 Å². The van der Waals surface area contributed by atoms with Gasteiger partial charge in [0.05, 0.1) is 11.5 Å². The van der Waals surface area contributed by atoms with Crippen LogP contribution in [-0.4, -0.2) is 23.3 Å². The second kappa shape index (κ2) is 8.84. The Labute approximate surface area is 190 Å². The molecule has 3 heteroatoms. The lowest BCUT2D eigenvalue weighted by Crippen LogP contribution is -2.57. The number of ether oxygens (including phenoxy) is 1. The van der Waals surface area contributed by atoms with Crippen LogP contribution in [0.5, 0.6) is 0 Å². The van der Waals surface area contributed by atoms with Crippen molar-refractivity contribution in [2.24, 2.45) is 46.3 Å². The van der Waals surface area contributed by atoms with Crippen LogP contribution in [0, 0.1) is 46.3 Å². The number of hydrogen-bond donors (Lipinski definition) is 1. The molecule has 0 spiro atoms. The Morgan fingerprint density at radius 1 is 1.06 bits per heavy atom. The molecule has 9 atom stereocenters. The van der Waals surface area contributed by atoms with Crippen LogP contribution < -0.4 is 0 Å². The number of aliphatic hydroxyl groups excluding tert-OH is 1. The average Bonchev–Trinajstić information content (AvgIpc) is 2.74. The first-order valence-corrected chi connectivity index (χ1v) is 13.2. The molecular weight excluding hydrogens is 384 g/mol. The van der Waals surface area contributed by atoms with E-state index in [2.05, 4.69) is 34.3 Å². The van der Waals surface area contributed by atoms with Gasteiger partial charge in [-0.05, 0) is 112 Å². The van der Waals surface area contributed by atoms with Crippen molar-refractivity contribution >= 4 is 5.97 Å². The lowest BCUT2D eigenvalue weighted by molar-refractivity contribution is -0.191. The summed E-state index contributed by atoms with van der Waals surface area (Å²) in [5.74, 6) is 4.00. The van der Waals surface area contributed by atoms with Gasteiger partial charge in [-0.3, -0.25) is 4.79 Å². The van der Waals surface area contributed by atoms with Gasteiger partial charge < -0.3 is 9.84 Å². The maximum absolute atomic E-state index is 13.7. The van der Waals surface area contributed by atoms with Crippen LogP contribution in [0.4, 0.5) is 0 Å². The maximum Gasteiger partial charge on any atom is 0.312 e. The highest BCUT2D eigenvalue weighted by Crippen LogP contribution is 2.64. The largest absolute Gasteiger partial charge is 0.459 e. The van der Waals surface area contributed by atoms with Crippen LogP contribution >= 0.6 is 0 Å². The smallest absolute Gasteiger partial charge is 0.312 e. The van der Waals surface area contributed by atoms with Crippen molar-refractivity contribution in [3.8, 4) is 0 Å². The third kappa shape index (κ3) is 4.13. The van der Waals surface area contributed by atoms with Crippen molar-refractivity contribution in [3.05, 3.63) is 12.7 Å².